The van der Waals surface area contributed by atoms with Gasteiger partial charge in [-0.05, 0) is 37.1 Å². The first-order chi connectivity index (χ1) is 11.5. The highest BCUT2D eigenvalue weighted by atomic mass is 16.5. The number of ether oxygens (including phenoxy) is 1. The number of aromatic carboxylic acids is 1. The number of benzene rings is 1. The number of aromatic nitrogens is 1. The Labute approximate surface area is 140 Å². The molecular weight excluding hydrogens is 308 g/mol. The third kappa shape index (κ3) is 4.55. The summed E-state index contributed by atoms with van der Waals surface area (Å²) in [5.74, 6) is -0.629. The number of carboxylic acid groups (broad SMARTS) is 1. The lowest BCUT2D eigenvalue weighted by atomic mass is 10.2. The minimum absolute atomic E-state index is 0.122. The number of rotatable bonds is 7. The average Bonchev–Trinajstić information content (AvgIpc) is 2.59. The van der Waals surface area contributed by atoms with Crippen molar-refractivity contribution in [3.8, 4) is 5.75 Å². The summed E-state index contributed by atoms with van der Waals surface area (Å²) in [6.45, 7) is 2.96. The molecule has 6 heteroatoms. The molecule has 2 aromatic rings. The molecule has 0 unspecified atom stereocenters. The molecule has 24 heavy (non-hydrogen) atoms. The van der Waals surface area contributed by atoms with E-state index in [-0.39, 0.29) is 17.3 Å². The molecule has 1 heterocycles. The number of carbonyl (C=O) groups excluding carboxylic acids is 1. The van der Waals surface area contributed by atoms with Gasteiger partial charge in [0.25, 0.3) is 5.91 Å². The van der Waals surface area contributed by atoms with Crippen molar-refractivity contribution >= 4 is 11.9 Å². The average molecular weight is 328 g/mol. The molecule has 1 amide bonds. The molecule has 0 spiro atoms. The van der Waals surface area contributed by atoms with Gasteiger partial charge in [0.05, 0.1) is 6.61 Å². The number of para-hydroxylation sites is 1. The Kier molecular flexibility index (Phi) is 5.89. The first-order valence-corrected chi connectivity index (χ1v) is 7.63. The Morgan fingerprint density at radius 3 is 2.54 bits per heavy atom. The number of carboxylic acids is 1. The number of nitrogens with zero attached hydrogens (tertiary/aromatic N) is 2. The van der Waals surface area contributed by atoms with Crippen LogP contribution in [0.15, 0.2) is 42.5 Å². The first-order valence-electron chi connectivity index (χ1n) is 7.63. The molecule has 0 bridgehead atoms. The van der Waals surface area contributed by atoms with E-state index in [0.717, 1.165) is 11.3 Å². The molecule has 0 aliphatic carbocycles. The van der Waals surface area contributed by atoms with Crippen LogP contribution in [0.5, 0.6) is 5.75 Å². The molecule has 1 aromatic carbocycles. The molecule has 0 saturated carbocycles. The number of aryl methyl sites for hydroxylation is 1. The van der Waals surface area contributed by atoms with Crippen LogP contribution in [-0.4, -0.2) is 47.1 Å². The Bertz CT molecular complexity index is 730. The molecule has 1 aromatic heterocycles. The number of hydrogen-bond acceptors (Lipinski definition) is 4. The fourth-order valence-electron chi connectivity index (χ4n) is 2.17. The summed E-state index contributed by atoms with van der Waals surface area (Å²) in [5.41, 5.74) is 1.05. The molecule has 0 aliphatic rings. The molecule has 2 rings (SSSR count). The van der Waals surface area contributed by atoms with E-state index in [0.29, 0.717) is 19.6 Å². The Hall–Kier alpha value is -2.89. The van der Waals surface area contributed by atoms with E-state index in [1.807, 2.05) is 31.2 Å². The second kappa shape index (κ2) is 8.10. The van der Waals surface area contributed by atoms with Gasteiger partial charge in [0.1, 0.15) is 17.1 Å². The number of hydrogen-bond donors (Lipinski definition) is 1. The zero-order valence-electron chi connectivity index (χ0n) is 13.7. The zero-order chi connectivity index (χ0) is 17.5. The summed E-state index contributed by atoms with van der Waals surface area (Å²) in [6, 6.07) is 12.1. The fraction of sp³-hybridized carbons (Fsp3) is 0.278. The molecular formula is C18H20N2O4. The van der Waals surface area contributed by atoms with Gasteiger partial charge in [0, 0.05) is 13.6 Å². The summed E-state index contributed by atoms with van der Waals surface area (Å²) in [7, 11) is 1.66. The molecule has 1 N–H and O–H groups in total. The van der Waals surface area contributed by atoms with Crippen molar-refractivity contribution in [1.29, 1.82) is 0 Å². The van der Waals surface area contributed by atoms with Crippen LogP contribution in [0.25, 0.3) is 0 Å². The van der Waals surface area contributed by atoms with Crippen LogP contribution in [0.4, 0.5) is 0 Å². The van der Waals surface area contributed by atoms with Crippen LogP contribution in [0.1, 0.15) is 33.0 Å². The van der Waals surface area contributed by atoms with Crippen LogP contribution in [0.3, 0.4) is 0 Å². The molecule has 0 fully saturated rings. The lowest BCUT2D eigenvalue weighted by molar-refractivity contribution is 0.0690. The molecule has 0 radical (unpaired) electrons. The maximum absolute atomic E-state index is 12.3. The molecule has 0 aliphatic heterocycles. The van der Waals surface area contributed by atoms with Crippen molar-refractivity contribution in [1.82, 2.24) is 9.88 Å². The van der Waals surface area contributed by atoms with Crippen molar-refractivity contribution in [3.63, 3.8) is 0 Å². The largest absolute Gasteiger partial charge is 0.493 e. The minimum Gasteiger partial charge on any atom is -0.493 e. The quantitative estimate of drug-likeness (QED) is 0.790. The lowest BCUT2D eigenvalue weighted by Gasteiger charge is -2.17. The topological polar surface area (TPSA) is 79.7 Å². The highest BCUT2D eigenvalue weighted by molar-refractivity contribution is 5.94. The third-order valence-electron chi connectivity index (χ3n) is 3.52. The smallest absolute Gasteiger partial charge is 0.354 e. The van der Waals surface area contributed by atoms with Crippen LogP contribution < -0.4 is 4.74 Å². The van der Waals surface area contributed by atoms with E-state index in [1.165, 1.54) is 23.1 Å². The highest BCUT2D eigenvalue weighted by Crippen LogP contribution is 2.16. The number of amides is 1. The molecule has 0 saturated heterocycles. The van der Waals surface area contributed by atoms with Crippen molar-refractivity contribution in [2.75, 3.05) is 20.2 Å². The second-order valence-corrected chi connectivity index (χ2v) is 5.41. The second-order valence-electron chi connectivity index (χ2n) is 5.41. The van der Waals surface area contributed by atoms with Crippen molar-refractivity contribution in [2.24, 2.45) is 0 Å². The van der Waals surface area contributed by atoms with E-state index < -0.39 is 5.97 Å². The Morgan fingerprint density at radius 1 is 1.12 bits per heavy atom. The fourth-order valence-corrected chi connectivity index (χ4v) is 2.17. The van der Waals surface area contributed by atoms with Gasteiger partial charge >= 0.3 is 5.97 Å². The van der Waals surface area contributed by atoms with Crippen LogP contribution >= 0.6 is 0 Å². The van der Waals surface area contributed by atoms with E-state index >= 15 is 0 Å². The summed E-state index contributed by atoms with van der Waals surface area (Å²) in [4.78, 5) is 28.6. The molecule has 126 valence electrons. The van der Waals surface area contributed by atoms with Gasteiger partial charge in [-0.1, -0.05) is 24.3 Å². The Morgan fingerprint density at radius 2 is 1.83 bits per heavy atom. The van der Waals surface area contributed by atoms with Gasteiger partial charge < -0.3 is 14.7 Å². The van der Waals surface area contributed by atoms with Gasteiger partial charge in [-0.25, -0.2) is 9.78 Å². The third-order valence-corrected chi connectivity index (χ3v) is 3.52. The van der Waals surface area contributed by atoms with Gasteiger partial charge in [-0.3, -0.25) is 4.79 Å². The van der Waals surface area contributed by atoms with Crippen LogP contribution in [0.2, 0.25) is 0 Å². The number of carbonyl (C=O) groups is 2. The maximum atomic E-state index is 12.3. The van der Waals surface area contributed by atoms with Gasteiger partial charge in [0.15, 0.2) is 0 Å². The van der Waals surface area contributed by atoms with E-state index in [4.69, 9.17) is 9.84 Å². The van der Waals surface area contributed by atoms with E-state index in [2.05, 4.69) is 4.98 Å². The normalized spacial score (nSPS) is 10.2. The SMILES string of the molecule is Cc1ccccc1OCCCN(C)C(=O)c1cccc(C(=O)O)n1. The lowest BCUT2D eigenvalue weighted by Crippen LogP contribution is -2.29. The van der Waals surface area contributed by atoms with Gasteiger partial charge in [-0.2, -0.15) is 0 Å². The summed E-state index contributed by atoms with van der Waals surface area (Å²) < 4.78 is 5.69. The molecule has 6 nitrogen and oxygen atoms in total. The van der Waals surface area contributed by atoms with Crippen LogP contribution in [-0.2, 0) is 0 Å². The summed E-state index contributed by atoms with van der Waals surface area (Å²) >= 11 is 0. The highest BCUT2D eigenvalue weighted by Gasteiger charge is 2.15. The summed E-state index contributed by atoms with van der Waals surface area (Å²) in [5, 5.41) is 8.93. The van der Waals surface area contributed by atoms with Gasteiger partial charge in [-0.15, -0.1) is 0 Å². The predicted molar refractivity (Wildman–Crippen MR) is 89.4 cm³/mol. The zero-order valence-corrected chi connectivity index (χ0v) is 13.7. The van der Waals surface area contributed by atoms with Gasteiger partial charge in [0.2, 0.25) is 0 Å². The maximum Gasteiger partial charge on any atom is 0.354 e. The Balaban J connectivity index is 1.85. The van der Waals surface area contributed by atoms with E-state index in [9.17, 15) is 9.59 Å². The monoisotopic (exact) mass is 328 g/mol. The molecule has 0 atom stereocenters. The summed E-state index contributed by atoms with van der Waals surface area (Å²) in [6.07, 6.45) is 0.662. The van der Waals surface area contributed by atoms with Crippen molar-refractivity contribution in [3.05, 3.63) is 59.4 Å². The van der Waals surface area contributed by atoms with Crippen molar-refractivity contribution in [2.45, 2.75) is 13.3 Å². The standard InChI is InChI=1S/C18H20N2O4/c1-13-7-3-4-10-16(13)24-12-6-11-20(2)17(21)14-8-5-9-15(19-14)18(22)23/h3-5,7-10H,6,11-12H2,1-2H3,(H,22,23). The van der Waals surface area contributed by atoms with Crippen LogP contribution in [0, 0.1) is 6.92 Å². The first kappa shape index (κ1) is 17.5. The predicted octanol–water partition coefficient (Wildman–Crippen LogP) is 2.63. The number of pyridine rings is 1. The minimum atomic E-state index is -1.15. The van der Waals surface area contributed by atoms with E-state index in [1.54, 1.807) is 7.05 Å². The van der Waals surface area contributed by atoms with Crippen molar-refractivity contribution < 1.29 is 19.4 Å².